The van der Waals surface area contributed by atoms with Crippen molar-refractivity contribution in [2.45, 2.75) is 19.3 Å². The normalized spacial score (nSPS) is 12.7. The highest BCUT2D eigenvalue weighted by atomic mass is 14.9. The van der Waals surface area contributed by atoms with Gasteiger partial charge in [0.25, 0.3) is 0 Å². The van der Waals surface area contributed by atoms with Gasteiger partial charge in [0.1, 0.15) is 0 Å². The van der Waals surface area contributed by atoms with Gasteiger partial charge in [-0.2, -0.15) is 0 Å². The van der Waals surface area contributed by atoms with E-state index in [1.807, 2.05) is 6.07 Å². The van der Waals surface area contributed by atoms with Crippen molar-refractivity contribution >= 4 is 21.5 Å². The first-order chi connectivity index (χ1) is 29.0. The Bertz CT molecular complexity index is 3220. The average molecular weight is 753 g/mol. The monoisotopic (exact) mass is 752 g/mol. The van der Waals surface area contributed by atoms with Crippen LogP contribution < -0.4 is 0 Å². The maximum absolute atomic E-state index is 5.32. The van der Waals surface area contributed by atoms with Gasteiger partial charge in [-0.25, -0.2) is 9.97 Å². The molecule has 0 amide bonds. The first-order valence-corrected chi connectivity index (χ1v) is 20.4. The lowest BCUT2D eigenvalue weighted by atomic mass is 9.78. The van der Waals surface area contributed by atoms with Gasteiger partial charge < -0.3 is 0 Å². The predicted octanol–water partition coefficient (Wildman–Crippen LogP) is 15.1. The number of hydrogen-bond donors (Lipinski definition) is 0. The van der Waals surface area contributed by atoms with E-state index in [1.165, 1.54) is 60.7 Å². The summed E-state index contributed by atoms with van der Waals surface area (Å²) >= 11 is 0. The SMILES string of the molecule is CC1(C)c2cc3ccccc3cc2-c2cccc(-c3ccc(-c4cc(-c5ccccc5-c5ccc(-c6ccccc6)cc5)nc(-c5ccccc5)n4)c4ccccc34)c21. The van der Waals surface area contributed by atoms with Crippen LogP contribution in [0.25, 0.3) is 100.0 Å². The van der Waals surface area contributed by atoms with Crippen LogP contribution in [0, 0.1) is 0 Å². The van der Waals surface area contributed by atoms with Crippen LogP contribution >= 0.6 is 0 Å². The van der Waals surface area contributed by atoms with Crippen molar-refractivity contribution in [3.05, 3.63) is 217 Å². The molecule has 1 aliphatic carbocycles. The lowest BCUT2D eigenvalue weighted by Gasteiger charge is -2.25. The smallest absolute Gasteiger partial charge is 0.160 e. The lowest BCUT2D eigenvalue weighted by Crippen LogP contribution is -2.16. The third-order valence-corrected chi connectivity index (χ3v) is 12.3. The number of hydrogen-bond acceptors (Lipinski definition) is 2. The van der Waals surface area contributed by atoms with Crippen LogP contribution in [0.5, 0.6) is 0 Å². The molecule has 0 atom stereocenters. The van der Waals surface area contributed by atoms with E-state index in [-0.39, 0.29) is 5.41 Å². The summed E-state index contributed by atoms with van der Waals surface area (Å²) in [5, 5.41) is 4.93. The molecule has 11 rings (SSSR count). The van der Waals surface area contributed by atoms with Crippen molar-refractivity contribution in [2.75, 3.05) is 0 Å². The summed E-state index contributed by atoms with van der Waals surface area (Å²) in [6, 6.07) is 74.3. The largest absolute Gasteiger partial charge is 0.228 e. The van der Waals surface area contributed by atoms with E-state index < -0.39 is 0 Å². The van der Waals surface area contributed by atoms with Crippen LogP contribution in [0.4, 0.5) is 0 Å². The Labute approximate surface area is 345 Å². The van der Waals surface area contributed by atoms with Gasteiger partial charge in [-0.15, -0.1) is 0 Å². The first-order valence-electron chi connectivity index (χ1n) is 20.4. The molecule has 2 nitrogen and oxygen atoms in total. The second-order valence-corrected chi connectivity index (χ2v) is 16.1. The topological polar surface area (TPSA) is 25.8 Å². The number of fused-ring (bicyclic) bond motifs is 5. The van der Waals surface area contributed by atoms with E-state index in [2.05, 4.69) is 214 Å². The van der Waals surface area contributed by atoms with Gasteiger partial charge in [-0.3, -0.25) is 0 Å². The molecule has 0 N–H and O–H groups in total. The summed E-state index contributed by atoms with van der Waals surface area (Å²) < 4.78 is 0. The molecule has 9 aromatic carbocycles. The van der Waals surface area contributed by atoms with E-state index >= 15 is 0 Å². The molecule has 10 aromatic rings. The van der Waals surface area contributed by atoms with Gasteiger partial charge in [-0.1, -0.05) is 202 Å². The number of rotatable bonds is 6. The molecule has 1 aromatic heterocycles. The van der Waals surface area contributed by atoms with Crippen molar-refractivity contribution < 1.29 is 0 Å². The zero-order valence-corrected chi connectivity index (χ0v) is 33.0. The van der Waals surface area contributed by atoms with Gasteiger partial charge in [0, 0.05) is 22.1 Å². The second-order valence-electron chi connectivity index (χ2n) is 16.1. The highest BCUT2D eigenvalue weighted by Gasteiger charge is 2.38. The fourth-order valence-corrected chi connectivity index (χ4v) is 9.42. The standard InChI is InChI=1S/C57H40N2/c1-57(2)52-35-42-21-10-9-20-41(42)34-51(52)50-27-15-26-49(55(50)57)46-32-33-48(45-24-13-12-23-44(45)46)54-36-53(58-56(59-54)40-18-7-4-8-19-40)47-25-14-11-22-43(47)39-30-28-38(29-31-39)37-16-5-3-6-17-37/h3-36H,1-2H3. The van der Waals surface area contributed by atoms with Crippen molar-refractivity contribution in [3.8, 4) is 78.4 Å². The Kier molecular flexibility index (Phi) is 8.20. The Morgan fingerprint density at radius 1 is 0.322 bits per heavy atom. The molecule has 278 valence electrons. The Morgan fingerprint density at radius 3 is 1.53 bits per heavy atom. The fourth-order valence-electron chi connectivity index (χ4n) is 9.42. The molecule has 59 heavy (non-hydrogen) atoms. The molecule has 2 heteroatoms. The molecular weight excluding hydrogens is 713 g/mol. The Balaban J connectivity index is 1.07. The minimum Gasteiger partial charge on any atom is -0.228 e. The van der Waals surface area contributed by atoms with Crippen molar-refractivity contribution in [1.82, 2.24) is 9.97 Å². The van der Waals surface area contributed by atoms with Gasteiger partial charge in [0.15, 0.2) is 5.82 Å². The summed E-state index contributed by atoms with van der Waals surface area (Å²) in [7, 11) is 0. The maximum atomic E-state index is 5.32. The van der Waals surface area contributed by atoms with Gasteiger partial charge in [0.05, 0.1) is 11.4 Å². The Hall–Kier alpha value is -7.42. The lowest BCUT2D eigenvalue weighted by molar-refractivity contribution is 0.663. The molecule has 0 spiro atoms. The summed E-state index contributed by atoms with van der Waals surface area (Å²) in [5.74, 6) is 0.702. The minimum atomic E-state index is -0.174. The molecule has 0 bridgehead atoms. The zero-order valence-electron chi connectivity index (χ0n) is 33.0. The van der Waals surface area contributed by atoms with E-state index in [9.17, 15) is 0 Å². The molecule has 0 fully saturated rings. The van der Waals surface area contributed by atoms with Gasteiger partial charge in [-0.05, 0) is 95.4 Å². The number of benzene rings is 9. The summed E-state index contributed by atoms with van der Waals surface area (Å²) in [6.45, 7) is 4.77. The molecule has 0 aliphatic heterocycles. The zero-order chi connectivity index (χ0) is 39.5. The number of aromatic nitrogens is 2. The predicted molar refractivity (Wildman–Crippen MR) is 247 cm³/mol. The first kappa shape index (κ1) is 34.8. The summed E-state index contributed by atoms with van der Waals surface area (Å²) in [5.41, 5.74) is 17.3. The maximum Gasteiger partial charge on any atom is 0.160 e. The van der Waals surface area contributed by atoms with E-state index in [4.69, 9.17) is 9.97 Å². The van der Waals surface area contributed by atoms with Crippen LogP contribution in [0.1, 0.15) is 25.0 Å². The van der Waals surface area contributed by atoms with Crippen LogP contribution in [0.15, 0.2) is 206 Å². The van der Waals surface area contributed by atoms with Crippen LogP contribution in [-0.4, -0.2) is 9.97 Å². The van der Waals surface area contributed by atoms with Crippen LogP contribution in [0.2, 0.25) is 0 Å². The van der Waals surface area contributed by atoms with Crippen LogP contribution in [0.3, 0.4) is 0 Å². The molecule has 0 radical (unpaired) electrons. The highest BCUT2D eigenvalue weighted by Crippen LogP contribution is 2.54. The summed E-state index contributed by atoms with van der Waals surface area (Å²) in [6.07, 6.45) is 0. The minimum absolute atomic E-state index is 0.174. The number of nitrogens with zero attached hydrogens (tertiary/aromatic N) is 2. The van der Waals surface area contributed by atoms with E-state index in [0.717, 1.165) is 44.6 Å². The third-order valence-electron chi connectivity index (χ3n) is 12.3. The molecular formula is C57H40N2. The highest BCUT2D eigenvalue weighted by molar-refractivity contribution is 6.07. The Morgan fingerprint density at radius 2 is 0.814 bits per heavy atom. The third kappa shape index (κ3) is 5.87. The molecule has 0 unspecified atom stereocenters. The summed E-state index contributed by atoms with van der Waals surface area (Å²) in [4.78, 5) is 10.6. The van der Waals surface area contributed by atoms with Gasteiger partial charge >= 0.3 is 0 Å². The second kappa shape index (κ2) is 13.9. The van der Waals surface area contributed by atoms with Crippen molar-refractivity contribution in [3.63, 3.8) is 0 Å². The fraction of sp³-hybridized carbons (Fsp3) is 0.0526. The van der Waals surface area contributed by atoms with E-state index in [0.29, 0.717) is 5.82 Å². The van der Waals surface area contributed by atoms with Crippen molar-refractivity contribution in [1.29, 1.82) is 0 Å². The van der Waals surface area contributed by atoms with E-state index in [1.54, 1.807) is 0 Å². The van der Waals surface area contributed by atoms with Gasteiger partial charge in [0.2, 0.25) is 0 Å². The molecule has 0 saturated heterocycles. The average Bonchev–Trinajstić information content (AvgIpc) is 3.53. The quantitative estimate of drug-likeness (QED) is 0.169. The van der Waals surface area contributed by atoms with Crippen LogP contribution in [-0.2, 0) is 5.41 Å². The molecule has 0 saturated carbocycles. The molecule has 1 heterocycles. The molecule has 1 aliphatic rings. The van der Waals surface area contributed by atoms with Crippen molar-refractivity contribution in [2.24, 2.45) is 0 Å².